The highest BCUT2D eigenvalue weighted by atomic mass is 32.2. The van der Waals surface area contributed by atoms with Crippen molar-refractivity contribution < 1.29 is 14.6 Å². The fourth-order valence-electron chi connectivity index (χ4n) is 2.52. The van der Waals surface area contributed by atoms with Crippen LogP contribution in [0.5, 0.6) is 0 Å². The normalized spacial score (nSPS) is 26.5. The van der Waals surface area contributed by atoms with Crippen LogP contribution >= 0.6 is 11.8 Å². The topological polar surface area (TPSA) is 67.6 Å². The Balaban J connectivity index is 1.80. The van der Waals surface area contributed by atoms with Gasteiger partial charge in [-0.15, -0.1) is 11.8 Å². The maximum Gasteiger partial charge on any atom is 0.407 e. The molecule has 0 saturated carbocycles. The van der Waals surface area contributed by atoms with Gasteiger partial charge in [-0.3, -0.25) is 9.58 Å². The first-order valence-corrected chi connectivity index (χ1v) is 7.31. The first kappa shape index (κ1) is 12.8. The molecule has 1 aromatic rings. The Kier molecular flexibility index (Phi) is 3.40. The zero-order chi connectivity index (χ0) is 13.4. The standard InChI is InChI=1S/C12H17N3O3S/c1-8-5-15-10(6-14(8)12(16)17)11(4-13-15)19-9-2-3-18-7-9/h4,8-9H,2-3,5-7H2,1H3,(H,16,17). The number of carbonyl (C=O) groups is 1. The lowest BCUT2D eigenvalue weighted by Gasteiger charge is -2.32. The molecule has 0 aliphatic carbocycles. The van der Waals surface area contributed by atoms with Gasteiger partial charge in [0.15, 0.2) is 0 Å². The number of hydrogen-bond acceptors (Lipinski definition) is 4. The van der Waals surface area contributed by atoms with Crippen LogP contribution in [0.4, 0.5) is 4.79 Å². The number of ether oxygens (including phenoxy) is 1. The summed E-state index contributed by atoms with van der Waals surface area (Å²) in [5, 5.41) is 14.1. The second kappa shape index (κ2) is 5.05. The van der Waals surface area contributed by atoms with Crippen LogP contribution in [0.15, 0.2) is 11.1 Å². The average molecular weight is 283 g/mol. The highest BCUT2D eigenvalue weighted by Crippen LogP contribution is 2.33. The van der Waals surface area contributed by atoms with Gasteiger partial charge < -0.3 is 9.84 Å². The van der Waals surface area contributed by atoms with Crippen LogP contribution < -0.4 is 0 Å². The molecule has 0 spiro atoms. The summed E-state index contributed by atoms with van der Waals surface area (Å²) in [4.78, 5) is 13.8. The van der Waals surface area contributed by atoms with Crippen LogP contribution in [0, 0.1) is 0 Å². The summed E-state index contributed by atoms with van der Waals surface area (Å²) in [6.45, 7) is 4.56. The molecular formula is C12H17N3O3S. The largest absolute Gasteiger partial charge is 0.465 e. The van der Waals surface area contributed by atoms with Crippen LogP contribution in [-0.2, 0) is 17.8 Å². The number of amides is 1. The minimum Gasteiger partial charge on any atom is -0.465 e. The van der Waals surface area contributed by atoms with Gasteiger partial charge in [0.05, 0.1) is 42.5 Å². The lowest BCUT2D eigenvalue weighted by molar-refractivity contribution is 0.104. The predicted octanol–water partition coefficient (Wildman–Crippen LogP) is 1.65. The van der Waals surface area contributed by atoms with Gasteiger partial charge in [-0.1, -0.05) is 0 Å². The van der Waals surface area contributed by atoms with Gasteiger partial charge in [0.1, 0.15) is 0 Å². The lowest BCUT2D eigenvalue weighted by Crippen LogP contribution is -2.44. The van der Waals surface area contributed by atoms with E-state index in [-0.39, 0.29) is 6.04 Å². The zero-order valence-corrected chi connectivity index (χ0v) is 11.6. The number of thioether (sulfide) groups is 1. The molecule has 1 fully saturated rings. The molecule has 1 aromatic heterocycles. The molecule has 2 aliphatic rings. The number of rotatable bonds is 2. The highest BCUT2D eigenvalue weighted by Gasteiger charge is 2.30. The van der Waals surface area contributed by atoms with Gasteiger partial charge in [0.2, 0.25) is 0 Å². The van der Waals surface area contributed by atoms with Crippen molar-refractivity contribution in [3.8, 4) is 0 Å². The summed E-state index contributed by atoms with van der Waals surface area (Å²) >= 11 is 1.76. The Morgan fingerprint density at radius 1 is 1.63 bits per heavy atom. The van der Waals surface area contributed by atoms with Gasteiger partial charge in [-0.25, -0.2) is 4.79 Å². The number of nitrogens with zero attached hydrogens (tertiary/aromatic N) is 3. The van der Waals surface area contributed by atoms with Crippen LogP contribution in [0.2, 0.25) is 0 Å². The highest BCUT2D eigenvalue weighted by molar-refractivity contribution is 8.00. The minimum atomic E-state index is -0.861. The third-order valence-corrected chi connectivity index (χ3v) is 4.93. The Hall–Kier alpha value is -1.21. The average Bonchev–Trinajstić information content (AvgIpc) is 2.99. The molecule has 3 rings (SSSR count). The number of carboxylic acid groups (broad SMARTS) is 1. The van der Waals surface area contributed by atoms with Crippen molar-refractivity contribution in [3.63, 3.8) is 0 Å². The lowest BCUT2D eigenvalue weighted by atomic mass is 10.2. The molecule has 1 amide bonds. The molecule has 104 valence electrons. The second-order valence-electron chi connectivity index (χ2n) is 5.00. The summed E-state index contributed by atoms with van der Waals surface area (Å²) in [7, 11) is 0. The van der Waals surface area contributed by atoms with E-state index in [0.29, 0.717) is 18.3 Å². The smallest absolute Gasteiger partial charge is 0.407 e. The molecule has 0 aromatic carbocycles. The molecule has 2 atom stereocenters. The van der Waals surface area contributed by atoms with E-state index in [1.54, 1.807) is 11.8 Å². The molecule has 6 nitrogen and oxygen atoms in total. The van der Waals surface area contributed by atoms with Crippen molar-refractivity contribution in [1.82, 2.24) is 14.7 Å². The molecule has 1 saturated heterocycles. The van der Waals surface area contributed by atoms with Crippen LogP contribution in [0.25, 0.3) is 0 Å². The summed E-state index contributed by atoms with van der Waals surface area (Å²) < 4.78 is 7.31. The van der Waals surface area contributed by atoms with Crippen molar-refractivity contribution in [3.05, 3.63) is 11.9 Å². The van der Waals surface area contributed by atoms with Crippen molar-refractivity contribution in [2.45, 2.75) is 42.6 Å². The summed E-state index contributed by atoms with van der Waals surface area (Å²) in [6, 6.07) is -0.0300. The van der Waals surface area contributed by atoms with Crippen LogP contribution in [0.1, 0.15) is 19.0 Å². The molecule has 1 N–H and O–H groups in total. The van der Waals surface area contributed by atoms with E-state index >= 15 is 0 Å². The Labute approximate surface area is 115 Å². The van der Waals surface area contributed by atoms with Crippen molar-refractivity contribution in [2.75, 3.05) is 13.2 Å². The van der Waals surface area contributed by atoms with Gasteiger partial charge in [0, 0.05) is 11.9 Å². The first-order chi connectivity index (χ1) is 9.15. The predicted molar refractivity (Wildman–Crippen MR) is 70.3 cm³/mol. The Morgan fingerprint density at radius 3 is 3.16 bits per heavy atom. The Bertz CT molecular complexity index is 485. The van der Waals surface area contributed by atoms with Gasteiger partial charge in [-0.2, -0.15) is 5.10 Å². The number of hydrogen-bond donors (Lipinski definition) is 1. The number of aromatic nitrogens is 2. The second-order valence-corrected chi connectivity index (χ2v) is 6.34. The minimum absolute atomic E-state index is 0.0300. The van der Waals surface area contributed by atoms with Gasteiger partial charge >= 0.3 is 6.09 Å². The third-order valence-electron chi connectivity index (χ3n) is 3.63. The Morgan fingerprint density at radius 2 is 2.47 bits per heavy atom. The van der Waals surface area contributed by atoms with Crippen molar-refractivity contribution >= 4 is 17.9 Å². The van der Waals surface area contributed by atoms with E-state index < -0.39 is 6.09 Å². The number of fused-ring (bicyclic) bond motifs is 1. The molecule has 2 aliphatic heterocycles. The molecule has 0 radical (unpaired) electrons. The van der Waals surface area contributed by atoms with Crippen LogP contribution in [-0.4, -0.2) is 50.4 Å². The summed E-state index contributed by atoms with van der Waals surface area (Å²) in [5.74, 6) is 0. The zero-order valence-electron chi connectivity index (χ0n) is 10.8. The maximum absolute atomic E-state index is 11.2. The van der Waals surface area contributed by atoms with Crippen molar-refractivity contribution in [2.24, 2.45) is 0 Å². The molecular weight excluding hydrogens is 266 g/mol. The van der Waals surface area contributed by atoms with E-state index in [4.69, 9.17) is 4.74 Å². The van der Waals surface area contributed by atoms with Crippen LogP contribution in [0.3, 0.4) is 0 Å². The van der Waals surface area contributed by atoms with E-state index in [9.17, 15) is 9.90 Å². The molecule has 7 heteroatoms. The SMILES string of the molecule is CC1Cn2ncc(SC3CCOC3)c2CN1C(=O)O. The molecule has 2 unspecified atom stereocenters. The first-order valence-electron chi connectivity index (χ1n) is 6.44. The fourth-order valence-corrected chi connectivity index (χ4v) is 3.67. The molecule has 19 heavy (non-hydrogen) atoms. The van der Waals surface area contributed by atoms with Gasteiger partial charge in [-0.05, 0) is 13.3 Å². The molecule has 0 bridgehead atoms. The quantitative estimate of drug-likeness (QED) is 0.894. The summed E-state index contributed by atoms with van der Waals surface area (Å²) in [6.07, 6.45) is 2.05. The van der Waals surface area contributed by atoms with E-state index in [2.05, 4.69) is 5.10 Å². The maximum atomic E-state index is 11.2. The fraction of sp³-hybridized carbons (Fsp3) is 0.667. The monoisotopic (exact) mass is 283 g/mol. The van der Waals surface area contributed by atoms with E-state index in [0.717, 1.165) is 30.2 Å². The summed E-state index contributed by atoms with van der Waals surface area (Å²) in [5.41, 5.74) is 1.01. The third kappa shape index (κ3) is 2.44. The molecule has 3 heterocycles. The van der Waals surface area contributed by atoms with E-state index in [1.807, 2.05) is 17.8 Å². The van der Waals surface area contributed by atoms with Gasteiger partial charge in [0.25, 0.3) is 0 Å². The van der Waals surface area contributed by atoms with E-state index in [1.165, 1.54) is 4.90 Å². The van der Waals surface area contributed by atoms with Crippen molar-refractivity contribution in [1.29, 1.82) is 0 Å².